The topological polar surface area (TPSA) is 15.7 Å². The molecule has 0 amide bonds. The van der Waals surface area contributed by atoms with Gasteiger partial charge in [-0.1, -0.05) is 19.8 Å². The zero-order valence-corrected chi connectivity index (χ0v) is 14.6. The van der Waals surface area contributed by atoms with E-state index in [1.54, 1.807) is 7.11 Å². The van der Waals surface area contributed by atoms with Crippen molar-refractivity contribution < 1.29 is 4.74 Å². The van der Waals surface area contributed by atoms with Crippen molar-refractivity contribution in [3.8, 4) is 5.75 Å². The lowest BCUT2D eigenvalue weighted by Gasteiger charge is -2.31. The van der Waals surface area contributed by atoms with Crippen molar-refractivity contribution >= 4 is 5.69 Å². The van der Waals surface area contributed by atoms with Gasteiger partial charge in [-0.3, -0.25) is 0 Å². The van der Waals surface area contributed by atoms with Crippen molar-refractivity contribution in [3.63, 3.8) is 0 Å². The molecule has 0 bridgehead atoms. The van der Waals surface area contributed by atoms with Crippen LogP contribution in [0.5, 0.6) is 5.75 Å². The summed E-state index contributed by atoms with van der Waals surface area (Å²) in [5, 5.41) is 0. The molecule has 122 valence electrons. The van der Waals surface area contributed by atoms with E-state index in [9.17, 15) is 0 Å². The molecule has 0 radical (unpaired) electrons. The standard InChI is InChI=1S/C19H30N2O/c1-19(11-12-20(2)3)14-21(15-7-5-6-8-15)18-10-9-16(22-4)13-17(18)19/h9-10,13,15H,5-8,11-12,14H2,1-4H3. The zero-order valence-electron chi connectivity index (χ0n) is 14.6. The molecule has 0 saturated heterocycles. The number of anilines is 1. The summed E-state index contributed by atoms with van der Waals surface area (Å²) >= 11 is 0. The highest BCUT2D eigenvalue weighted by Gasteiger charge is 2.41. The fourth-order valence-electron chi connectivity index (χ4n) is 4.15. The van der Waals surface area contributed by atoms with Gasteiger partial charge in [0.05, 0.1) is 7.11 Å². The summed E-state index contributed by atoms with van der Waals surface area (Å²) in [5.74, 6) is 0.989. The summed E-state index contributed by atoms with van der Waals surface area (Å²) in [7, 11) is 6.10. The van der Waals surface area contributed by atoms with Crippen LogP contribution in [-0.4, -0.2) is 45.2 Å². The van der Waals surface area contributed by atoms with E-state index in [-0.39, 0.29) is 5.41 Å². The van der Waals surface area contributed by atoms with Crippen LogP contribution < -0.4 is 9.64 Å². The second-order valence-electron chi connectivity index (χ2n) is 7.56. The normalized spacial score (nSPS) is 25.0. The Bertz CT molecular complexity index is 522. The molecule has 1 fully saturated rings. The van der Waals surface area contributed by atoms with Gasteiger partial charge in [0.25, 0.3) is 0 Å². The van der Waals surface area contributed by atoms with Crippen molar-refractivity contribution in [2.24, 2.45) is 0 Å². The van der Waals surface area contributed by atoms with Gasteiger partial charge in [0.2, 0.25) is 0 Å². The van der Waals surface area contributed by atoms with Gasteiger partial charge in [-0.05, 0) is 63.7 Å². The molecule has 1 heterocycles. The summed E-state index contributed by atoms with van der Waals surface area (Å²) in [4.78, 5) is 4.99. The molecule has 1 aromatic rings. The number of ether oxygens (including phenoxy) is 1. The molecule has 1 aliphatic carbocycles. The van der Waals surface area contributed by atoms with Gasteiger partial charge in [-0.25, -0.2) is 0 Å². The molecule has 3 heteroatoms. The van der Waals surface area contributed by atoms with E-state index in [0.717, 1.165) is 24.9 Å². The number of methoxy groups -OCH3 is 1. The molecule has 0 N–H and O–H groups in total. The van der Waals surface area contributed by atoms with Gasteiger partial charge < -0.3 is 14.5 Å². The molecule has 3 nitrogen and oxygen atoms in total. The van der Waals surface area contributed by atoms with Crippen LogP contribution in [0.15, 0.2) is 18.2 Å². The lowest BCUT2D eigenvalue weighted by Crippen LogP contribution is -2.38. The molecule has 22 heavy (non-hydrogen) atoms. The van der Waals surface area contributed by atoms with Crippen molar-refractivity contribution in [1.82, 2.24) is 4.90 Å². The van der Waals surface area contributed by atoms with E-state index in [1.807, 2.05) is 0 Å². The summed E-state index contributed by atoms with van der Waals surface area (Å²) in [6.45, 7) is 4.73. The third-order valence-corrected chi connectivity index (χ3v) is 5.56. The van der Waals surface area contributed by atoms with Gasteiger partial charge >= 0.3 is 0 Å². The highest BCUT2D eigenvalue weighted by Crippen LogP contribution is 2.47. The second-order valence-corrected chi connectivity index (χ2v) is 7.56. The second kappa shape index (κ2) is 6.11. The third-order valence-electron chi connectivity index (χ3n) is 5.56. The maximum Gasteiger partial charge on any atom is 0.119 e. The number of hydrogen-bond donors (Lipinski definition) is 0. The third kappa shape index (κ3) is 2.83. The van der Waals surface area contributed by atoms with E-state index < -0.39 is 0 Å². The Labute approximate surface area is 135 Å². The first-order valence-electron chi connectivity index (χ1n) is 8.63. The summed E-state index contributed by atoms with van der Waals surface area (Å²) in [5.41, 5.74) is 3.17. The maximum absolute atomic E-state index is 5.49. The van der Waals surface area contributed by atoms with E-state index >= 15 is 0 Å². The van der Waals surface area contributed by atoms with E-state index in [1.165, 1.54) is 43.4 Å². The molecule has 2 aliphatic rings. The molecule has 1 aliphatic heterocycles. The molecule has 1 unspecified atom stereocenters. The quantitative estimate of drug-likeness (QED) is 0.825. The van der Waals surface area contributed by atoms with Crippen LogP contribution in [0.3, 0.4) is 0 Å². The molecule has 1 saturated carbocycles. The molecule has 1 atom stereocenters. The number of nitrogens with zero attached hydrogens (tertiary/aromatic N) is 2. The number of fused-ring (bicyclic) bond motifs is 1. The first-order valence-corrected chi connectivity index (χ1v) is 8.63. The summed E-state index contributed by atoms with van der Waals surface area (Å²) < 4.78 is 5.49. The minimum atomic E-state index is 0.233. The first-order chi connectivity index (χ1) is 10.5. The van der Waals surface area contributed by atoms with E-state index in [0.29, 0.717) is 0 Å². The van der Waals surface area contributed by atoms with Crippen LogP contribution in [-0.2, 0) is 5.41 Å². The highest BCUT2D eigenvalue weighted by molar-refractivity contribution is 5.65. The maximum atomic E-state index is 5.49. The average Bonchev–Trinajstić information content (AvgIpc) is 3.12. The number of benzene rings is 1. The Morgan fingerprint density at radius 1 is 1.27 bits per heavy atom. The van der Waals surface area contributed by atoms with E-state index in [2.05, 4.69) is 49.0 Å². The SMILES string of the molecule is COc1ccc2c(c1)C(C)(CCN(C)C)CN2C1CCCC1. The van der Waals surface area contributed by atoms with Crippen LogP contribution in [0.4, 0.5) is 5.69 Å². The van der Waals surface area contributed by atoms with Crippen molar-refractivity contribution in [2.45, 2.75) is 50.5 Å². The predicted octanol–water partition coefficient (Wildman–Crippen LogP) is 3.67. The van der Waals surface area contributed by atoms with E-state index in [4.69, 9.17) is 4.74 Å². The minimum absolute atomic E-state index is 0.233. The van der Waals surface area contributed by atoms with Crippen LogP contribution in [0.1, 0.15) is 44.6 Å². The number of rotatable bonds is 5. The molecular formula is C19H30N2O. The van der Waals surface area contributed by atoms with Gasteiger partial charge in [-0.2, -0.15) is 0 Å². The monoisotopic (exact) mass is 302 g/mol. The smallest absolute Gasteiger partial charge is 0.119 e. The van der Waals surface area contributed by atoms with Crippen LogP contribution in [0, 0.1) is 0 Å². The first kappa shape index (κ1) is 15.7. The fraction of sp³-hybridized carbons (Fsp3) is 0.684. The zero-order chi connectivity index (χ0) is 15.7. The molecular weight excluding hydrogens is 272 g/mol. The van der Waals surface area contributed by atoms with Crippen molar-refractivity contribution in [1.29, 1.82) is 0 Å². The van der Waals surface area contributed by atoms with Gasteiger partial charge in [0.15, 0.2) is 0 Å². The van der Waals surface area contributed by atoms with Crippen LogP contribution in [0.25, 0.3) is 0 Å². The highest BCUT2D eigenvalue weighted by atomic mass is 16.5. The van der Waals surface area contributed by atoms with Crippen molar-refractivity contribution in [2.75, 3.05) is 39.2 Å². The Balaban J connectivity index is 1.93. The molecule has 1 aromatic carbocycles. The largest absolute Gasteiger partial charge is 0.497 e. The Morgan fingerprint density at radius 2 is 2.00 bits per heavy atom. The fourth-order valence-corrected chi connectivity index (χ4v) is 4.15. The Morgan fingerprint density at radius 3 is 2.64 bits per heavy atom. The summed E-state index contributed by atoms with van der Waals surface area (Å²) in [6.07, 6.45) is 6.69. The average molecular weight is 302 g/mol. The Hall–Kier alpha value is -1.22. The molecule has 0 spiro atoms. The minimum Gasteiger partial charge on any atom is -0.497 e. The lowest BCUT2D eigenvalue weighted by atomic mass is 9.81. The Kier molecular flexibility index (Phi) is 4.35. The predicted molar refractivity (Wildman–Crippen MR) is 93.1 cm³/mol. The van der Waals surface area contributed by atoms with Gasteiger partial charge in [0.1, 0.15) is 5.75 Å². The van der Waals surface area contributed by atoms with Crippen LogP contribution >= 0.6 is 0 Å². The van der Waals surface area contributed by atoms with Gasteiger partial charge in [0, 0.05) is 23.7 Å². The van der Waals surface area contributed by atoms with Gasteiger partial charge in [-0.15, -0.1) is 0 Å². The van der Waals surface area contributed by atoms with Crippen LogP contribution in [0.2, 0.25) is 0 Å². The lowest BCUT2D eigenvalue weighted by molar-refractivity contribution is 0.334. The molecule has 0 aromatic heterocycles. The molecule has 3 rings (SSSR count). The van der Waals surface area contributed by atoms with Crippen molar-refractivity contribution in [3.05, 3.63) is 23.8 Å². The number of hydrogen-bond acceptors (Lipinski definition) is 3. The summed E-state index contributed by atoms with van der Waals surface area (Å²) in [6, 6.07) is 7.43.